The molecule has 0 saturated heterocycles. The molecule has 0 spiro atoms. The molecule has 28 valence electrons. The van der Waals surface area contributed by atoms with Crippen LogP contribution in [-0.2, 0) is 0 Å². The van der Waals surface area contributed by atoms with E-state index in [0.29, 0.717) is 0 Å². The van der Waals surface area contributed by atoms with Crippen LogP contribution in [0.1, 0.15) is 0 Å². The zero-order valence-corrected chi connectivity index (χ0v) is 5.68. The van der Waals surface area contributed by atoms with Crippen LogP contribution in [0, 0.1) is 0 Å². The molecule has 0 bridgehead atoms. The molecule has 0 aromatic heterocycles. The second-order valence-electron chi connectivity index (χ2n) is 0.101. The third-order valence-corrected chi connectivity index (χ3v) is 0. The number of rotatable bonds is 0. The normalized spacial score (nSPS) is 2.00. The van der Waals surface area contributed by atoms with Gasteiger partial charge in [-0.15, -0.1) is 0 Å². The van der Waals surface area contributed by atoms with Crippen molar-refractivity contribution in [3.05, 3.63) is 0 Å². The van der Waals surface area contributed by atoms with Gasteiger partial charge in [-0.1, -0.05) is 0 Å². The Kier molecular flexibility index (Phi) is 50.1. The fourth-order valence-electron chi connectivity index (χ4n) is 0. The molecule has 0 heterocycles. The Morgan fingerprint density at radius 2 is 1.20 bits per heavy atom. The average Bonchev–Trinajstić information content (AvgIpc) is 0.918. The quantitative estimate of drug-likeness (QED) is 0.413. The fraction of sp³-hybridized carbons (Fsp3) is 0. The second kappa shape index (κ2) is 16.0. The molecule has 0 aliphatic carbocycles. The molecular weight excluding hydrogens is 151 g/mol. The summed E-state index contributed by atoms with van der Waals surface area (Å²) in [4.78, 5) is 0. The van der Waals surface area contributed by atoms with Gasteiger partial charge in [-0.2, -0.15) is 0 Å². The minimum absolute atomic E-state index is 0. The zero-order valence-electron chi connectivity index (χ0n) is 1.96. The summed E-state index contributed by atoms with van der Waals surface area (Å²) < 4.78 is 0. The molecule has 0 radical (unpaired) electrons. The number of hydrogen-bond acceptors (Lipinski definition) is 0. The van der Waals surface area contributed by atoms with Crippen LogP contribution in [0.25, 0.3) is 0 Å². The van der Waals surface area contributed by atoms with Crippen LogP contribution in [0.15, 0.2) is 0 Å². The van der Waals surface area contributed by atoms with E-state index in [9.17, 15) is 0 Å². The Morgan fingerprint density at radius 3 is 1.20 bits per heavy atom. The first kappa shape index (κ1) is 15.6. The molecule has 0 amide bonds. The molecule has 1 nitrogen and oxygen atoms in total. The molecule has 2 N–H and O–H groups in total. The minimum Gasteiger partial charge on any atom is 0.316 e. The van der Waals surface area contributed by atoms with Crippen LogP contribution in [0.5, 0.6) is 0 Å². The monoisotopic (exact) mass is 154 g/mol. The number of halogens is 2. The van der Waals surface area contributed by atoms with Gasteiger partial charge in [0.15, 0.2) is 0 Å². The van der Waals surface area contributed by atoms with Gasteiger partial charge in [0, 0.05) is 0 Å². The van der Waals surface area contributed by atoms with Crippen LogP contribution in [0.2, 0.25) is 0 Å². The Morgan fingerprint density at radius 1 is 1.20 bits per heavy atom. The van der Waals surface area contributed by atoms with Gasteiger partial charge in [-0.3, -0.25) is 0 Å². The Hall–Kier alpha value is 2.57. The van der Waals surface area contributed by atoms with Crippen molar-refractivity contribution in [2.45, 2.75) is 0 Å². The van der Waals surface area contributed by atoms with Crippen LogP contribution in [-0.4, -0.2) is 59.4 Å². The maximum absolute atomic E-state index is 4.95. The van der Waals surface area contributed by atoms with Crippen LogP contribution in [0.3, 0.4) is 0 Å². The van der Waals surface area contributed by atoms with E-state index >= 15 is 0 Å². The van der Waals surface area contributed by atoms with Crippen molar-refractivity contribution in [3.63, 3.8) is 0 Å². The van der Waals surface area contributed by atoms with E-state index in [1.165, 1.54) is 0 Å². The van der Waals surface area contributed by atoms with Crippen molar-refractivity contribution in [3.8, 4) is 0 Å². The predicted octanol–water partition coefficient (Wildman–Crippen LogP) is -0.743. The van der Waals surface area contributed by atoms with Crippen molar-refractivity contribution < 1.29 is 5.48 Å². The second-order valence-corrected chi connectivity index (χ2v) is 3.75. The molecule has 0 fully saturated rings. The van der Waals surface area contributed by atoms with E-state index in [4.69, 9.17) is 12.8 Å². The van der Waals surface area contributed by atoms with Crippen LogP contribution >= 0.6 is 12.8 Å². The molecule has 0 aromatic carbocycles. The average molecular weight is 155 g/mol. The maximum atomic E-state index is 4.95. The van der Waals surface area contributed by atoms with Crippen LogP contribution < -0.4 is 0 Å². The Balaban J connectivity index is -0.0000000200. The summed E-state index contributed by atoms with van der Waals surface area (Å²) in [5, 5.41) is 0. The molecule has 5 heavy (non-hydrogen) atoms. The fourth-order valence-corrected chi connectivity index (χ4v) is 0. The first-order valence-corrected chi connectivity index (χ1v) is 6.61. The summed E-state index contributed by atoms with van der Waals surface area (Å²) in [6, 6.07) is 0. The van der Waals surface area contributed by atoms with E-state index in [2.05, 4.69) is 0 Å². The summed E-state index contributed by atoms with van der Waals surface area (Å²) in [5.74, 6) is 0. The van der Waals surface area contributed by atoms with E-state index in [0.717, 1.165) is 0 Å². The predicted molar refractivity (Wildman–Crippen MR) is 29.6 cm³/mol. The Labute approximate surface area is 70.6 Å². The van der Waals surface area contributed by atoms with Crippen molar-refractivity contribution in [2.24, 2.45) is 0 Å². The van der Waals surface area contributed by atoms with Gasteiger partial charge in [0.1, 0.15) is 0 Å². The van der Waals surface area contributed by atoms with E-state index < -0.39 is 30.8 Å². The van der Waals surface area contributed by atoms with E-state index in [-0.39, 0.29) is 28.5 Å². The van der Waals surface area contributed by atoms with Gasteiger partial charge < -0.3 is 5.48 Å². The molecule has 0 atom stereocenters. The summed E-state index contributed by atoms with van der Waals surface area (Å²) in [7, 11) is 0. The van der Waals surface area contributed by atoms with Gasteiger partial charge in [0.2, 0.25) is 0 Å². The molecule has 5 heteroatoms. The summed E-state index contributed by atoms with van der Waals surface area (Å²) in [5.41, 5.74) is 0. The first-order valence-electron chi connectivity index (χ1n) is 0.535. The Bertz CT molecular complexity index is 9.61. The summed E-state index contributed by atoms with van der Waals surface area (Å²) in [6.07, 6.45) is 9.90. The molecule has 0 saturated carbocycles. The van der Waals surface area contributed by atoms with Gasteiger partial charge in [-0.25, -0.2) is 0 Å². The van der Waals surface area contributed by atoms with Gasteiger partial charge in [-0.05, 0) is 0 Å². The molecule has 0 aliphatic heterocycles. The minimum atomic E-state index is -0.931. The van der Waals surface area contributed by atoms with Crippen molar-refractivity contribution >= 4 is 66.7 Å². The maximum Gasteiger partial charge on any atom is 0.316 e. The van der Waals surface area contributed by atoms with Crippen molar-refractivity contribution in [1.29, 1.82) is 0 Å². The van der Waals surface area contributed by atoms with Crippen LogP contribution in [0.4, 0.5) is 0 Å². The molecule has 0 unspecified atom stereocenters. The van der Waals surface area contributed by atoms with E-state index in [1.54, 1.807) is 0 Å². The van der Waals surface area contributed by atoms with E-state index in [1.807, 2.05) is 0 Å². The van der Waals surface area contributed by atoms with Crippen molar-refractivity contribution in [1.82, 2.24) is 0 Å². The topological polar surface area (TPSA) is 31.5 Å². The van der Waals surface area contributed by atoms with Gasteiger partial charge in [0.25, 0.3) is 0 Å². The zero-order chi connectivity index (χ0) is 2.71. The largest absolute Gasteiger partial charge is 0.316 e. The SMILES string of the molecule is O.[Cl][Ca][Cl].[MgH2]. The summed E-state index contributed by atoms with van der Waals surface area (Å²) >= 11 is -0.931. The number of hydrogen-bond donors (Lipinski definition) is 0. The van der Waals surface area contributed by atoms with Gasteiger partial charge in [0.05, 0.1) is 0 Å². The van der Waals surface area contributed by atoms with Crippen molar-refractivity contribution in [2.75, 3.05) is 0 Å². The molecular formula is H4CaCl2MgO. The standard InChI is InChI=1S/Ca.2ClH.Mg.H2O.2H/h;2*1H;;1H2;;/q+2;;;;;;/p-2. The smallest absolute Gasteiger partial charge is 0.316 e. The third kappa shape index (κ3) is 20.8. The third-order valence-electron chi connectivity index (χ3n) is 0. The molecule has 0 aliphatic rings. The molecule has 0 rings (SSSR count). The first-order chi connectivity index (χ1) is 1.41. The molecule has 0 aromatic rings. The summed E-state index contributed by atoms with van der Waals surface area (Å²) in [6.45, 7) is 0. The van der Waals surface area contributed by atoms with Gasteiger partial charge >= 0.3 is 66.7 Å².